The molecule has 0 saturated heterocycles. The van der Waals surface area contributed by atoms with Crippen molar-refractivity contribution in [1.29, 1.82) is 0 Å². The highest BCUT2D eigenvalue weighted by Crippen LogP contribution is 2.61. The van der Waals surface area contributed by atoms with Crippen molar-refractivity contribution in [2.24, 2.45) is 5.41 Å². The van der Waals surface area contributed by atoms with E-state index in [1.165, 1.54) is 12.1 Å². The van der Waals surface area contributed by atoms with Crippen LogP contribution in [-0.4, -0.2) is 11.1 Å². The van der Waals surface area contributed by atoms with E-state index in [0.717, 1.165) is 12.1 Å². The fourth-order valence-corrected chi connectivity index (χ4v) is 1.76. The lowest BCUT2D eigenvalue weighted by Gasteiger charge is -2.23. The van der Waals surface area contributed by atoms with Crippen molar-refractivity contribution in [3.63, 3.8) is 0 Å². The molecule has 1 N–H and O–H groups in total. The molecule has 0 amide bonds. The molecule has 0 aromatic heterocycles. The summed E-state index contributed by atoms with van der Waals surface area (Å²) in [5, 5.41) is 8.79. The fourth-order valence-electron chi connectivity index (χ4n) is 1.76. The number of carboxylic acid groups (broad SMARTS) is 1. The number of carbonyl (C=O) groups is 1. The second-order valence-corrected chi connectivity index (χ2v) is 3.94. The molecule has 16 heavy (non-hydrogen) atoms. The summed E-state index contributed by atoms with van der Waals surface area (Å²) in [6.45, 7) is 0. The number of benzene rings is 1. The van der Waals surface area contributed by atoms with Gasteiger partial charge in [-0.3, -0.25) is 4.79 Å². The lowest BCUT2D eigenvalue weighted by Crippen LogP contribution is -2.35. The van der Waals surface area contributed by atoms with Crippen molar-refractivity contribution >= 4 is 5.97 Å². The lowest BCUT2D eigenvalue weighted by molar-refractivity contribution is -0.164. The van der Waals surface area contributed by atoms with Gasteiger partial charge in [0.05, 0.1) is 5.56 Å². The Balaban J connectivity index is 2.48. The highest BCUT2D eigenvalue weighted by molar-refractivity contribution is 5.79. The molecular formula is C11H9F3O2. The highest BCUT2D eigenvalue weighted by Gasteiger charge is 2.68. The first-order valence-electron chi connectivity index (χ1n) is 4.78. The Hall–Kier alpha value is -1.52. The minimum Gasteiger partial charge on any atom is -0.481 e. The molecule has 1 aliphatic rings. The number of aliphatic carboxylic acids is 1. The zero-order valence-corrected chi connectivity index (χ0v) is 8.21. The van der Waals surface area contributed by atoms with Crippen LogP contribution in [0.1, 0.15) is 18.4 Å². The molecule has 1 fully saturated rings. The van der Waals surface area contributed by atoms with Gasteiger partial charge in [0.1, 0.15) is 11.2 Å². The Morgan fingerprint density at radius 3 is 2.31 bits per heavy atom. The van der Waals surface area contributed by atoms with Gasteiger partial charge in [0.2, 0.25) is 0 Å². The molecule has 1 aromatic carbocycles. The first-order chi connectivity index (χ1) is 7.42. The van der Waals surface area contributed by atoms with Crippen LogP contribution in [0.2, 0.25) is 0 Å². The topological polar surface area (TPSA) is 37.3 Å². The minimum atomic E-state index is -3.66. The van der Waals surface area contributed by atoms with Gasteiger partial charge >= 0.3 is 5.97 Å². The first kappa shape index (κ1) is 11.0. The van der Waals surface area contributed by atoms with E-state index in [4.69, 9.17) is 5.11 Å². The second-order valence-electron chi connectivity index (χ2n) is 3.94. The normalized spacial score (nSPS) is 18.2. The summed E-state index contributed by atoms with van der Waals surface area (Å²) in [6.07, 6.45) is -0.243. The van der Waals surface area contributed by atoms with Crippen molar-refractivity contribution in [2.45, 2.75) is 18.8 Å². The van der Waals surface area contributed by atoms with Gasteiger partial charge in [0.25, 0.3) is 5.92 Å². The maximum Gasteiger partial charge on any atom is 0.316 e. The van der Waals surface area contributed by atoms with E-state index in [1.54, 1.807) is 0 Å². The number of hydrogen-bond donors (Lipinski definition) is 1. The molecular weight excluding hydrogens is 221 g/mol. The maximum atomic E-state index is 13.9. The van der Waals surface area contributed by atoms with Crippen molar-refractivity contribution in [3.05, 3.63) is 35.6 Å². The Morgan fingerprint density at radius 1 is 1.31 bits per heavy atom. The maximum absolute atomic E-state index is 13.9. The molecule has 0 radical (unpaired) electrons. The van der Waals surface area contributed by atoms with E-state index in [9.17, 15) is 18.0 Å². The number of rotatable bonds is 3. The number of halogens is 3. The summed E-state index contributed by atoms with van der Waals surface area (Å²) in [5.41, 5.74) is -2.95. The Bertz CT molecular complexity index is 439. The molecule has 0 atom stereocenters. The average Bonchev–Trinajstić information content (AvgIpc) is 2.98. The third-order valence-electron chi connectivity index (χ3n) is 2.97. The van der Waals surface area contributed by atoms with Gasteiger partial charge in [0, 0.05) is 0 Å². The van der Waals surface area contributed by atoms with Crippen molar-refractivity contribution in [2.75, 3.05) is 0 Å². The van der Waals surface area contributed by atoms with Crippen molar-refractivity contribution < 1.29 is 23.1 Å². The fraction of sp³-hybridized carbons (Fsp3) is 0.364. The van der Waals surface area contributed by atoms with Gasteiger partial charge in [-0.1, -0.05) is 18.2 Å². The summed E-state index contributed by atoms with van der Waals surface area (Å²) in [5.74, 6) is -6.30. The van der Waals surface area contributed by atoms with Crippen LogP contribution < -0.4 is 0 Å². The summed E-state index contributed by atoms with van der Waals surface area (Å²) in [6, 6.07) is 4.39. The summed E-state index contributed by atoms with van der Waals surface area (Å²) in [4.78, 5) is 10.8. The molecule has 5 heteroatoms. The van der Waals surface area contributed by atoms with Crippen LogP contribution in [-0.2, 0) is 10.7 Å². The molecule has 0 unspecified atom stereocenters. The van der Waals surface area contributed by atoms with Gasteiger partial charge in [-0.05, 0) is 18.9 Å². The molecule has 86 valence electrons. The number of hydrogen-bond acceptors (Lipinski definition) is 1. The zero-order chi connectivity index (χ0) is 12.0. The van der Waals surface area contributed by atoms with E-state index in [-0.39, 0.29) is 12.8 Å². The zero-order valence-electron chi connectivity index (χ0n) is 8.21. The van der Waals surface area contributed by atoms with E-state index in [1.807, 2.05) is 0 Å². The van der Waals surface area contributed by atoms with Crippen LogP contribution in [0.5, 0.6) is 0 Å². The predicted molar refractivity (Wildman–Crippen MR) is 49.6 cm³/mol. The van der Waals surface area contributed by atoms with E-state index in [0.29, 0.717) is 0 Å². The molecule has 0 aliphatic heterocycles. The quantitative estimate of drug-likeness (QED) is 0.866. The van der Waals surface area contributed by atoms with Crippen LogP contribution in [0.3, 0.4) is 0 Å². The Labute approximate surface area is 89.7 Å². The number of carboxylic acids is 1. The first-order valence-corrected chi connectivity index (χ1v) is 4.78. The van der Waals surface area contributed by atoms with Gasteiger partial charge < -0.3 is 5.11 Å². The van der Waals surface area contributed by atoms with E-state index >= 15 is 0 Å². The summed E-state index contributed by atoms with van der Waals surface area (Å²) < 4.78 is 41.0. The SMILES string of the molecule is O=C(O)C1(C(F)(F)c2ccccc2F)CC1. The summed E-state index contributed by atoms with van der Waals surface area (Å²) >= 11 is 0. The third-order valence-corrected chi connectivity index (χ3v) is 2.97. The van der Waals surface area contributed by atoms with E-state index in [2.05, 4.69) is 0 Å². The molecule has 0 spiro atoms. The molecule has 1 aromatic rings. The molecule has 1 saturated carbocycles. The van der Waals surface area contributed by atoms with Crippen LogP contribution >= 0.6 is 0 Å². The third kappa shape index (κ3) is 1.31. The van der Waals surface area contributed by atoms with Gasteiger partial charge in [-0.15, -0.1) is 0 Å². The Kier molecular flexibility index (Phi) is 2.22. The van der Waals surface area contributed by atoms with Crippen LogP contribution in [0.15, 0.2) is 24.3 Å². The monoisotopic (exact) mass is 230 g/mol. The van der Waals surface area contributed by atoms with Crippen molar-refractivity contribution in [3.8, 4) is 0 Å². The largest absolute Gasteiger partial charge is 0.481 e. The number of alkyl halides is 2. The molecule has 0 bridgehead atoms. The van der Waals surface area contributed by atoms with Crippen LogP contribution in [0.25, 0.3) is 0 Å². The molecule has 0 heterocycles. The second kappa shape index (κ2) is 3.23. The predicted octanol–water partition coefficient (Wildman–Crippen LogP) is 2.78. The average molecular weight is 230 g/mol. The van der Waals surface area contributed by atoms with Gasteiger partial charge in [-0.2, -0.15) is 8.78 Å². The minimum absolute atomic E-state index is 0.121. The standard InChI is InChI=1S/C11H9F3O2/c12-8-4-2-1-3-7(8)11(13,14)10(5-6-10)9(15)16/h1-4H,5-6H2,(H,15,16). The van der Waals surface area contributed by atoms with Crippen molar-refractivity contribution in [1.82, 2.24) is 0 Å². The van der Waals surface area contributed by atoms with Gasteiger partial charge in [0.15, 0.2) is 0 Å². The Morgan fingerprint density at radius 2 is 1.88 bits per heavy atom. The van der Waals surface area contributed by atoms with Crippen LogP contribution in [0, 0.1) is 11.2 Å². The molecule has 2 nitrogen and oxygen atoms in total. The summed E-state index contributed by atoms with van der Waals surface area (Å²) in [7, 11) is 0. The highest BCUT2D eigenvalue weighted by atomic mass is 19.3. The van der Waals surface area contributed by atoms with Crippen LogP contribution in [0.4, 0.5) is 13.2 Å². The smallest absolute Gasteiger partial charge is 0.316 e. The molecule has 1 aliphatic carbocycles. The van der Waals surface area contributed by atoms with E-state index < -0.39 is 28.7 Å². The van der Waals surface area contributed by atoms with Gasteiger partial charge in [-0.25, -0.2) is 4.39 Å². The molecule has 2 rings (SSSR count). The lowest BCUT2D eigenvalue weighted by atomic mass is 9.91.